The van der Waals surface area contributed by atoms with E-state index in [-0.39, 0.29) is 31.4 Å². The van der Waals surface area contributed by atoms with Gasteiger partial charge in [-0.15, -0.1) is 0 Å². The van der Waals surface area contributed by atoms with E-state index in [9.17, 15) is 14.4 Å². The summed E-state index contributed by atoms with van der Waals surface area (Å²) in [5, 5.41) is 2.30. The van der Waals surface area contributed by atoms with Gasteiger partial charge in [0.15, 0.2) is 5.78 Å². The van der Waals surface area contributed by atoms with Crippen LogP contribution in [0.15, 0.2) is 0 Å². The van der Waals surface area contributed by atoms with Gasteiger partial charge in [-0.05, 0) is 25.0 Å². The normalized spacial score (nSPS) is 9.90. The highest BCUT2D eigenvalue weighted by molar-refractivity contribution is 7.80. The van der Waals surface area contributed by atoms with E-state index >= 15 is 0 Å². The summed E-state index contributed by atoms with van der Waals surface area (Å²) in [6, 6.07) is 0. The molecule has 0 heterocycles. The molecule has 0 bridgehead atoms. The number of carbonyl (C=O) groups excluding carboxylic acids is 3. The van der Waals surface area contributed by atoms with Crippen molar-refractivity contribution < 1.29 is 23.9 Å². The van der Waals surface area contributed by atoms with E-state index in [0.717, 1.165) is 25.0 Å². The first kappa shape index (κ1) is 18.8. The molecule has 0 radical (unpaired) electrons. The lowest BCUT2D eigenvalue weighted by Gasteiger charge is -2.05. The number of carbonyl (C=O) groups is 3. The molecular weight excluding hydrogens is 282 g/mol. The molecule has 0 rings (SSSR count). The van der Waals surface area contributed by atoms with E-state index in [2.05, 4.69) is 17.9 Å². The van der Waals surface area contributed by atoms with Crippen LogP contribution in [0.2, 0.25) is 0 Å². The first-order valence-electron chi connectivity index (χ1n) is 6.72. The van der Waals surface area contributed by atoms with Gasteiger partial charge >= 0.3 is 12.1 Å². The molecule has 0 aliphatic rings. The molecule has 0 spiro atoms. The Morgan fingerprint density at radius 3 is 2.40 bits per heavy atom. The van der Waals surface area contributed by atoms with Crippen LogP contribution in [-0.2, 0) is 19.1 Å². The second-order valence-electron chi connectivity index (χ2n) is 4.22. The van der Waals surface area contributed by atoms with Crippen LogP contribution in [0.4, 0.5) is 4.79 Å². The molecule has 0 aromatic heterocycles. The third-order valence-electron chi connectivity index (χ3n) is 2.47. The van der Waals surface area contributed by atoms with Crippen LogP contribution in [0, 0.1) is 0 Å². The van der Waals surface area contributed by atoms with Crippen molar-refractivity contribution in [2.45, 2.75) is 38.5 Å². The number of amides is 1. The lowest BCUT2D eigenvalue weighted by molar-refractivity contribution is -0.148. The van der Waals surface area contributed by atoms with Crippen LogP contribution in [0.1, 0.15) is 38.5 Å². The number of Topliss-reactive ketones (excluding diaryl/α,β-unsaturated/α-hetero) is 1. The molecule has 0 saturated carbocycles. The first-order chi connectivity index (χ1) is 9.60. The van der Waals surface area contributed by atoms with Crippen LogP contribution < -0.4 is 5.32 Å². The minimum absolute atomic E-state index is 0.170. The molecule has 116 valence electrons. The molecule has 0 fully saturated rings. The molecule has 0 aliphatic carbocycles. The van der Waals surface area contributed by atoms with E-state index in [0.29, 0.717) is 12.8 Å². The number of hydrogen-bond acceptors (Lipinski definition) is 6. The second kappa shape index (κ2) is 12.8. The molecular formula is C13H23NO5S. The highest BCUT2D eigenvalue weighted by atomic mass is 32.1. The second-order valence-corrected chi connectivity index (χ2v) is 4.67. The molecule has 1 amide bonds. The van der Waals surface area contributed by atoms with Gasteiger partial charge in [-0.2, -0.15) is 12.6 Å². The van der Waals surface area contributed by atoms with Crippen molar-refractivity contribution in [2.75, 3.05) is 26.0 Å². The summed E-state index contributed by atoms with van der Waals surface area (Å²) in [5.74, 6) is 0.291. The number of alkyl carbamates (subject to hydrolysis) is 1. The average Bonchev–Trinajstić information content (AvgIpc) is 2.45. The third-order valence-corrected chi connectivity index (χ3v) is 2.79. The van der Waals surface area contributed by atoms with Crippen molar-refractivity contribution in [3.05, 3.63) is 0 Å². The van der Waals surface area contributed by atoms with Crippen molar-refractivity contribution in [1.82, 2.24) is 5.32 Å². The van der Waals surface area contributed by atoms with Crippen molar-refractivity contribution in [3.8, 4) is 0 Å². The molecule has 1 N–H and O–H groups in total. The van der Waals surface area contributed by atoms with Gasteiger partial charge in [0.05, 0.1) is 6.61 Å². The fourth-order valence-corrected chi connectivity index (χ4v) is 1.59. The monoisotopic (exact) mass is 305 g/mol. The number of esters is 1. The van der Waals surface area contributed by atoms with E-state index in [1.165, 1.54) is 7.05 Å². The molecule has 6 nitrogen and oxygen atoms in total. The number of rotatable bonds is 11. The fourth-order valence-electron chi connectivity index (χ4n) is 1.37. The van der Waals surface area contributed by atoms with Gasteiger partial charge in [0, 0.05) is 19.9 Å². The zero-order valence-corrected chi connectivity index (χ0v) is 12.7. The molecule has 20 heavy (non-hydrogen) atoms. The predicted molar refractivity (Wildman–Crippen MR) is 77.9 cm³/mol. The minimum Gasteiger partial charge on any atom is -0.458 e. The number of hydrogen-bond donors (Lipinski definition) is 2. The Kier molecular flexibility index (Phi) is 12.0. The van der Waals surface area contributed by atoms with Gasteiger partial charge in [-0.3, -0.25) is 9.59 Å². The standard InChI is InChI=1S/C13H23NO5S/c1-14-13(17)18-8-5-6-11(15)10-19-12(16)7-3-2-4-9-20/h20H,2-10H2,1H3,(H,14,17). The van der Waals surface area contributed by atoms with Crippen molar-refractivity contribution in [1.29, 1.82) is 0 Å². The summed E-state index contributed by atoms with van der Waals surface area (Å²) in [5.41, 5.74) is 0. The predicted octanol–water partition coefficient (Wildman–Crippen LogP) is 1.73. The lowest BCUT2D eigenvalue weighted by atomic mass is 10.2. The summed E-state index contributed by atoms with van der Waals surface area (Å²) in [6.07, 6.45) is 3.12. The summed E-state index contributed by atoms with van der Waals surface area (Å²) >= 11 is 4.08. The molecule has 0 aliphatic heterocycles. The number of ketones is 1. The maximum Gasteiger partial charge on any atom is 0.406 e. The van der Waals surface area contributed by atoms with Crippen LogP contribution in [0.3, 0.4) is 0 Å². The molecule has 7 heteroatoms. The highest BCUT2D eigenvalue weighted by Gasteiger charge is 2.08. The Bertz CT molecular complexity index is 309. The Balaban J connectivity index is 3.47. The van der Waals surface area contributed by atoms with Gasteiger partial charge in [-0.1, -0.05) is 6.42 Å². The zero-order chi connectivity index (χ0) is 15.2. The van der Waals surface area contributed by atoms with Gasteiger partial charge in [0.1, 0.15) is 6.61 Å². The Labute approximate surface area is 125 Å². The first-order valence-corrected chi connectivity index (χ1v) is 7.36. The summed E-state index contributed by atoms with van der Waals surface area (Å²) in [6.45, 7) is -0.0333. The molecule has 0 aromatic rings. The van der Waals surface area contributed by atoms with Crippen molar-refractivity contribution >= 4 is 30.5 Å². The molecule has 0 aromatic carbocycles. The number of ether oxygens (including phenoxy) is 2. The third kappa shape index (κ3) is 11.8. The van der Waals surface area contributed by atoms with Crippen LogP contribution in [0.5, 0.6) is 0 Å². The van der Waals surface area contributed by atoms with Gasteiger partial charge in [-0.25, -0.2) is 4.79 Å². The van der Waals surface area contributed by atoms with E-state index in [1.807, 2.05) is 0 Å². The summed E-state index contributed by atoms with van der Waals surface area (Å²) in [4.78, 5) is 33.4. The Hall–Kier alpha value is -1.24. The van der Waals surface area contributed by atoms with Crippen molar-refractivity contribution in [2.24, 2.45) is 0 Å². The summed E-state index contributed by atoms with van der Waals surface area (Å²) in [7, 11) is 1.46. The van der Waals surface area contributed by atoms with E-state index in [1.54, 1.807) is 0 Å². The SMILES string of the molecule is CNC(=O)OCCCC(=O)COC(=O)CCCCCS. The minimum atomic E-state index is -0.523. The Morgan fingerprint density at radius 1 is 1.00 bits per heavy atom. The van der Waals surface area contributed by atoms with Crippen molar-refractivity contribution in [3.63, 3.8) is 0 Å². The zero-order valence-electron chi connectivity index (χ0n) is 11.9. The number of unbranched alkanes of at least 4 members (excludes halogenated alkanes) is 2. The molecule has 0 saturated heterocycles. The van der Waals surface area contributed by atoms with Crippen LogP contribution >= 0.6 is 12.6 Å². The Morgan fingerprint density at radius 2 is 1.75 bits per heavy atom. The molecule has 0 unspecified atom stereocenters. The topological polar surface area (TPSA) is 81.7 Å². The van der Waals surface area contributed by atoms with Gasteiger partial charge < -0.3 is 14.8 Å². The van der Waals surface area contributed by atoms with E-state index < -0.39 is 6.09 Å². The maximum absolute atomic E-state index is 11.4. The average molecular weight is 305 g/mol. The van der Waals surface area contributed by atoms with Gasteiger partial charge in [0.25, 0.3) is 0 Å². The largest absolute Gasteiger partial charge is 0.458 e. The molecule has 0 atom stereocenters. The smallest absolute Gasteiger partial charge is 0.406 e. The fraction of sp³-hybridized carbons (Fsp3) is 0.769. The van der Waals surface area contributed by atoms with E-state index in [4.69, 9.17) is 9.47 Å². The quantitative estimate of drug-likeness (QED) is 0.345. The maximum atomic E-state index is 11.4. The van der Waals surface area contributed by atoms with Gasteiger partial charge in [0.2, 0.25) is 0 Å². The number of nitrogens with one attached hydrogen (secondary N) is 1. The van der Waals surface area contributed by atoms with Crippen LogP contribution in [-0.4, -0.2) is 43.9 Å². The van der Waals surface area contributed by atoms with Crippen LogP contribution in [0.25, 0.3) is 0 Å². The summed E-state index contributed by atoms with van der Waals surface area (Å²) < 4.78 is 9.58. The number of thiol groups is 1. The highest BCUT2D eigenvalue weighted by Crippen LogP contribution is 2.02. The lowest BCUT2D eigenvalue weighted by Crippen LogP contribution is -2.20.